The lowest BCUT2D eigenvalue weighted by atomic mass is 10.0. The molecule has 2 aliphatic rings. The van der Waals surface area contributed by atoms with E-state index in [1.54, 1.807) is 0 Å². The van der Waals surface area contributed by atoms with Crippen molar-refractivity contribution in [3.8, 4) is 0 Å². The van der Waals surface area contributed by atoms with E-state index in [9.17, 15) is 31.2 Å². The molecule has 1 aromatic rings. The van der Waals surface area contributed by atoms with E-state index in [1.165, 1.54) is 28.6 Å². The average molecular weight is 447 g/mol. The lowest BCUT2D eigenvalue weighted by Crippen LogP contribution is -2.37. The summed E-state index contributed by atoms with van der Waals surface area (Å²) in [5.41, 5.74) is 0.313. The smallest absolute Gasteiger partial charge is 0.333 e. The first-order chi connectivity index (χ1) is 14.0. The van der Waals surface area contributed by atoms with Crippen LogP contribution in [-0.4, -0.2) is 61.8 Å². The van der Waals surface area contributed by atoms with Crippen molar-refractivity contribution in [2.45, 2.75) is 37.3 Å². The number of amides is 2. The number of likely N-dealkylation sites (tertiary alicyclic amines) is 1. The highest BCUT2D eigenvalue weighted by molar-refractivity contribution is 7.89. The first-order valence-corrected chi connectivity index (χ1v) is 11.2. The molecule has 0 aliphatic carbocycles. The molecule has 1 atom stereocenters. The number of nitrogens with one attached hydrogen (secondary N) is 1. The molecule has 2 heterocycles. The SMILES string of the molecule is CC1CCN(S(=O)(=O)c2ccc(NC(=O)C3CC(=O)N(CC(F)(F)F)C3)cc2)CC1. The normalized spacial score (nSPS) is 21.8. The predicted molar refractivity (Wildman–Crippen MR) is 103 cm³/mol. The summed E-state index contributed by atoms with van der Waals surface area (Å²) in [6.07, 6.45) is -3.20. The number of hydrogen-bond donors (Lipinski definition) is 1. The van der Waals surface area contributed by atoms with Crippen LogP contribution >= 0.6 is 0 Å². The highest BCUT2D eigenvalue weighted by Gasteiger charge is 2.40. The zero-order chi connectivity index (χ0) is 22.1. The Hall–Kier alpha value is -2.14. The number of halogens is 3. The fraction of sp³-hybridized carbons (Fsp3) is 0.579. The standard InChI is InChI=1S/C19H24F3N3O4S/c1-13-6-8-25(9-7-13)30(28,29)16-4-2-15(3-5-16)23-18(27)14-10-17(26)24(11-14)12-19(20,21)22/h2-5,13-14H,6-12H2,1H3,(H,23,27). The van der Waals surface area contributed by atoms with Gasteiger partial charge in [-0.25, -0.2) is 8.42 Å². The first kappa shape index (κ1) is 22.5. The lowest BCUT2D eigenvalue weighted by Gasteiger charge is -2.29. The Morgan fingerprint density at radius 3 is 2.33 bits per heavy atom. The summed E-state index contributed by atoms with van der Waals surface area (Å²) >= 11 is 0. The second-order valence-electron chi connectivity index (χ2n) is 7.89. The van der Waals surface area contributed by atoms with E-state index in [0.29, 0.717) is 29.6 Å². The molecule has 1 aromatic carbocycles. The van der Waals surface area contributed by atoms with E-state index in [0.717, 1.165) is 12.8 Å². The second kappa shape index (κ2) is 8.54. The monoisotopic (exact) mass is 447 g/mol. The van der Waals surface area contributed by atoms with Crippen LogP contribution in [0, 0.1) is 11.8 Å². The van der Waals surface area contributed by atoms with Crippen molar-refractivity contribution >= 4 is 27.5 Å². The van der Waals surface area contributed by atoms with Crippen molar-refractivity contribution < 1.29 is 31.2 Å². The number of rotatable bonds is 5. The summed E-state index contributed by atoms with van der Waals surface area (Å²) in [5, 5.41) is 2.54. The molecule has 7 nitrogen and oxygen atoms in total. The maximum absolute atomic E-state index is 12.7. The van der Waals surface area contributed by atoms with Gasteiger partial charge in [-0.3, -0.25) is 9.59 Å². The third-order valence-electron chi connectivity index (χ3n) is 5.46. The molecule has 30 heavy (non-hydrogen) atoms. The number of carbonyl (C=O) groups is 2. The van der Waals surface area contributed by atoms with Gasteiger partial charge in [-0.15, -0.1) is 0 Å². The van der Waals surface area contributed by atoms with Crippen LogP contribution < -0.4 is 5.32 Å². The highest BCUT2D eigenvalue weighted by atomic mass is 32.2. The topological polar surface area (TPSA) is 86.8 Å². The minimum atomic E-state index is -4.52. The van der Waals surface area contributed by atoms with Gasteiger partial charge in [0.05, 0.1) is 10.8 Å². The molecule has 1 unspecified atom stereocenters. The fourth-order valence-corrected chi connectivity index (χ4v) is 5.12. The van der Waals surface area contributed by atoms with Crippen LogP contribution in [0.5, 0.6) is 0 Å². The Labute approximate surface area is 173 Å². The van der Waals surface area contributed by atoms with Gasteiger partial charge < -0.3 is 10.2 Å². The van der Waals surface area contributed by atoms with Crippen molar-refractivity contribution in [3.05, 3.63) is 24.3 Å². The van der Waals surface area contributed by atoms with Crippen LogP contribution in [0.4, 0.5) is 18.9 Å². The van der Waals surface area contributed by atoms with E-state index in [2.05, 4.69) is 12.2 Å². The summed E-state index contributed by atoms with van der Waals surface area (Å²) in [5.74, 6) is -1.69. The van der Waals surface area contributed by atoms with Gasteiger partial charge in [0, 0.05) is 31.7 Å². The molecule has 0 bridgehead atoms. The molecule has 2 saturated heterocycles. The van der Waals surface area contributed by atoms with Gasteiger partial charge in [-0.2, -0.15) is 17.5 Å². The van der Waals surface area contributed by atoms with Gasteiger partial charge in [0.2, 0.25) is 21.8 Å². The van der Waals surface area contributed by atoms with E-state index >= 15 is 0 Å². The number of anilines is 1. The molecule has 2 amide bonds. The Morgan fingerprint density at radius 1 is 1.17 bits per heavy atom. The number of nitrogens with zero attached hydrogens (tertiary/aromatic N) is 2. The molecule has 0 saturated carbocycles. The molecule has 2 aliphatic heterocycles. The van der Waals surface area contributed by atoms with Crippen LogP contribution in [0.3, 0.4) is 0 Å². The van der Waals surface area contributed by atoms with Crippen molar-refractivity contribution in [3.63, 3.8) is 0 Å². The largest absolute Gasteiger partial charge is 0.406 e. The second-order valence-corrected chi connectivity index (χ2v) is 9.83. The maximum Gasteiger partial charge on any atom is 0.406 e. The van der Waals surface area contributed by atoms with E-state index in [1.807, 2.05) is 0 Å². The molecule has 2 fully saturated rings. The number of hydrogen-bond acceptors (Lipinski definition) is 4. The molecule has 166 valence electrons. The van der Waals surface area contributed by atoms with E-state index in [-0.39, 0.29) is 17.9 Å². The highest BCUT2D eigenvalue weighted by Crippen LogP contribution is 2.26. The van der Waals surface area contributed by atoms with Gasteiger partial charge in [-0.1, -0.05) is 6.92 Å². The van der Waals surface area contributed by atoms with Crippen LogP contribution in [0.1, 0.15) is 26.2 Å². The van der Waals surface area contributed by atoms with Crippen LogP contribution in [0.15, 0.2) is 29.2 Å². The summed E-state index contributed by atoms with van der Waals surface area (Å²) in [4.78, 5) is 24.8. The molecular formula is C19H24F3N3O4S. The summed E-state index contributed by atoms with van der Waals surface area (Å²) in [6, 6.07) is 5.64. The molecule has 0 spiro atoms. The van der Waals surface area contributed by atoms with Gasteiger partial charge in [0.15, 0.2) is 0 Å². The Kier molecular flexibility index (Phi) is 6.42. The number of benzene rings is 1. The molecule has 11 heteroatoms. The zero-order valence-electron chi connectivity index (χ0n) is 16.5. The average Bonchev–Trinajstić information content (AvgIpc) is 3.01. The third-order valence-corrected chi connectivity index (χ3v) is 7.37. The predicted octanol–water partition coefficient (Wildman–Crippen LogP) is 2.46. The summed E-state index contributed by atoms with van der Waals surface area (Å²) < 4.78 is 64.4. The van der Waals surface area contributed by atoms with E-state index in [4.69, 9.17) is 0 Å². The third kappa shape index (κ3) is 5.31. The molecule has 3 rings (SSSR count). The Balaban J connectivity index is 1.60. The number of alkyl halides is 3. The molecule has 1 N–H and O–H groups in total. The zero-order valence-corrected chi connectivity index (χ0v) is 17.3. The molecule has 0 radical (unpaired) electrons. The first-order valence-electron chi connectivity index (χ1n) is 9.71. The van der Waals surface area contributed by atoms with Crippen LogP contribution in [0.2, 0.25) is 0 Å². The maximum atomic E-state index is 12.7. The van der Waals surface area contributed by atoms with Gasteiger partial charge in [-0.05, 0) is 43.0 Å². The van der Waals surface area contributed by atoms with E-state index < -0.39 is 40.5 Å². The van der Waals surface area contributed by atoms with Gasteiger partial charge in [0.25, 0.3) is 0 Å². The summed E-state index contributed by atoms with van der Waals surface area (Å²) in [7, 11) is -3.62. The number of piperidine rings is 1. The van der Waals surface area contributed by atoms with Crippen molar-refractivity contribution in [1.82, 2.24) is 9.21 Å². The Bertz CT molecular complexity index is 895. The van der Waals surface area contributed by atoms with Gasteiger partial charge >= 0.3 is 6.18 Å². The number of sulfonamides is 1. The van der Waals surface area contributed by atoms with Crippen molar-refractivity contribution in [1.29, 1.82) is 0 Å². The van der Waals surface area contributed by atoms with Crippen molar-refractivity contribution in [2.24, 2.45) is 11.8 Å². The lowest BCUT2D eigenvalue weighted by molar-refractivity contribution is -0.157. The minimum absolute atomic E-state index is 0.113. The number of carbonyl (C=O) groups excluding carboxylic acids is 2. The fourth-order valence-electron chi connectivity index (χ4n) is 3.65. The molecular weight excluding hydrogens is 423 g/mol. The van der Waals surface area contributed by atoms with Crippen molar-refractivity contribution in [2.75, 3.05) is 31.5 Å². The molecule has 0 aromatic heterocycles. The Morgan fingerprint density at radius 2 is 1.77 bits per heavy atom. The van der Waals surface area contributed by atoms with Crippen LogP contribution in [-0.2, 0) is 19.6 Å². The van der Waals surface area contributed by atoms with Crippen LogP contribution in [0.25, 0.3) is 0 Å². The van der Waals surface area contributed by atoms with Gasteiger partial charge in [0.1, 0.15) is 6.54 Å². The minimum Gasteiger partial charge on any atom is -0.333 e. The quantitative estimate of drug-likeness (QED) is 0.751. The summed E-state index contributed by atoms with van der Waals surface area (Å²) in [6.45, 7) is 1.33.